The molecule has 1 aromatic carbocycles. The van der Waals surface area contributed by atoms with E-state index in [9.17, 15) is 4.79 Å². The zero-order valence-corrected chi connectivity index (χ0v) is 17.2. The summed E-state index contributed by atoms with van der Waals surface area (Å²) >= 11 is 1.79. The molecule has 0 amide bonds. The lowest BCUT2D eigenvalue weighted by atomic mass is 10.0. The smallest absolute Gasteiger partial charge is 0.336 e. The van der Waals surface area contributed by atoms with Gasteiger partial charge in [-0.2, -0.15) is 0 Å². The largest absolute Gasteiger partial charge is 0.422 e. The molecule has 1 atom stereocenters. The number of morpholine rings is 1. The van der Waals surface area contributed by atoms with Gasteiger partial charge in [-0.05, 0) is 42.0 Å². The van der Waals surface area contributed by atoms with E-state index < -0.39 is 0 Å². The van der Waals surface area contributed by atoms with Crippen LogP contribution in [0.2, 0.25) is 0 Å². The van der Waals surface area contributed by atoms with Crippen LogP contribution in [0.3, 0.4) is 0 Å². The lowest BCUT2D eigenvalue weighted by molar-refractivity contribution is 0.0168. The van der Waals surface area contributed by atoms with E-state index in [1.54, 1.807) is 17.4 Å². The van der Waals surface area contributed by atoms with Crippen molar-refractivity contribution < 1.29 is 9.15 Å². The predicted octanol–water partition coefficient (Wildman–Crippen LogP) is 3.63. The second kappa shape index (κ2) is 8.57. The van der Waals surface area contributed by atoms with Crippen LogP contribution in [0.15, 0.2) is 44.9 Å². The maximum atomic E-state index is 12.1. The molecule has 0 saturated carbocycles. The molecule has 1 fully saturated rings. The fourth-order valence-corrected chi connectivity index (χ4v) is 4.65. The molecule has 0 bridgehead atoms. The van der Waals surface area contributed by atoms with Crippen molar-refractivity contribution in [2.75, 3.05) is 32.8 Å². The molecule has 4 rings (SSSR count). The molecule has 0 radical (unpaired) electrons. The third kappa shape index (κ3) is 4.05. The van der Waals surface area contributed by atoms with Gasteiger partial charge in [-0.15, -0.1) is 11.3 Å². The van der Waals surface area contributed by atoms with Gasteiger partial charge in [0, 0.05) is 42.5 Å². The molecule has 1 aliphatic heterocycles. The number of ether oxygens (including phenoxy) is 1. The lowest BCUT2D eigenvalue weighted by Gasteiger charge is -2.34. The van der Waals surface area contributed by atoms with Gasteiger partial charge in [0.05, 0.1) is 19.3 Å². The quantitative estimate of drug-likeness (QED) is 0.643. The van der Waals surface area contributed by atoms with Crippen LogP contribution >= 0.6 is 11.3 Å². The summed E-state index contributed by atoms with van der Waals surface area (Å²) in [6, 6.07) is 10.4. The van der Waals surface area contributed by atoms with Crippen LogP contribution in [0.4, 0.5) is 0 Å². The van der Waals surface area contributed by atoms with E-state index in [1.165, 1.54) is 4.88 Å². The summed E-state index contributed by atoms with van der Waals surface area (Å²) in [4.78, 5) is 15.9. The number of nitrogens with zero attached hydrogens (tertiary/aromatic N) is 1. The Morgan fingerprint density at radius 1 is 1.21 bits per heavy atom. The fourth-order valence-electron chi connectivity index (χ4n) is 3.79. The molecule has 28 heavy (non-hydrogen) atoms. The highest BCUT2D eigenvalue weighted by molar-refractivity contribution is 7.10. The second-order valence-electron chi connectivity index (χ2n) is 7.29. The van der Waals surface area contributed by atoms with E-state index in [1.807, 2.05) is 13.8 Å². The minimum Gasteiger partial charge on any atom is -0.422 e. The van der Waals surface area contributed by atoms with Gasteiger partial charge in [0.15, 0.2) is 0 Å². The number of nitrogens with one attached hydrogen (secondary N) is 1. The third-order valence-electron chi connectivity index (χ3n) is 5.53. The summed E-state index contributed by atoms with van der Waals surface area (Å²) in [5.41, 5.74) is 3.56. The minimum absolute atomic E-state index is 0.291. The standard InChI is InChI=1S/C22H26N2O3S/c1-15-5-6-18-17(12-21(25)27-22(18)16(15)2)13-23-14-19(20-4-3-11-28-20)24-7-9-26-10-8-24/h3-6,11-12,19,23H,7-10,13-14H2,1-2H3/t19-/m0/s1. The van der Waals surface area contributed by atoms with Crippen molar-refractivity contribution in [1.29, 1.82) is 0 Å². The molecule has 3 heterocycles. The van der Waals surface area contributed by atoms with E-state index in [4.69, 9.17) is 9.15 Å². The van der Waals surface area contributed by atoms with Crippen molar-refractivity contribution in [2.45, 2.75) is 26.4 Å². The summed E-state index contributed by atoms with van der Waals surface area (Å²) in [6.07, 6.45) is 0. The Hall–Kier alpha value is -1.99. The summed E-state index contributed by atoms with van der Waals surface area (Å²) in [5.74, 6) is 0. The van der Waals surface area contributed by atoms with Gasteiger partial charge in [-0.3, -0.25) is 4.90 Å². The van der Waals surface area contributed by atoms with Crippen LogP contribution in [0.5, 0.6) is 0 Å². The van der Waals surface area contributed by atoms with E-state index in [2.05, 4.69) is 39.9 Å². The van der Waals surface area contributed by atoms with E-state index in [0.29, 0.717) is 18.2 Å². The topological polar surface area (TPSA) is 54.7 Å². The monoisotopic (exact) mass is 398 g/mol. The molecule has 0 spiro atoms. The van der Waals surface area contributed by atoms with Crippen LogP contribution in [0, 0.1) is 13.8 Å². The Kier molecular flexibility index (Phi) is 5.92. The maximum absolute atomic E-state index is 12.1. The highest BCUT2D eigenvalue weighted by atomic mass is 32.1. The van der Waals surface area contributed by atoms with Gasteiger partial charge in [0.1, 0.15) is 5.58 Å². The molecule has 1 saturated heterocycles. The number of hydrogen-bond donors (Lipinski definition) is 1. The van der Waals surface area contributed by atoms with Crippen molar-refractivity contribution >= 4 is 22.3 Å². The van der Waals surface area contributed by atoms with Crippen LogP contribution in [-0.4, -0.2) is 37.7 Å². The fraction of sp³-hybridized carbons (Fsp3) is 0.409. The highest BCUT2D eigenvalue weighted by Gasteiger charge is 2.23. The van der Waals surface area contributed by atoms with Crippen LogP contribution in [0.1, 0.15) is 27.6 Å². The first-order valence-electron chi connectivity index (χ1n) is 9.72. The normalized spacial score (nSPS) is 16.5. The summed E-state index contributed by atoms with van der Waals surface area (Å²) in [6.45, 7) is 8.96. The molecule has 2 aromatic heterocycles. The van der Waals surface area contributed by atoms with Crippen molar-refractivity contribution in [2.24, 2.45) is 0 Å². The van der Waals surface area contributed by atoms with Gasteiger partial charge >= 0.3 is 5.63 Å². The minimum atomic E-state index is -0.291. The summed E-state index contributed by atoms with van der Waals surface area (Å²) in [5, 5.41) is 6.72. The molecule has 148 valence electrons. The molecular formula is C22H26N2O3S. The predicted molar refractivity (Wildman–Crippen MR) is 113 cm³/mol. The Balaban J connectivity index is 1.53. The molecule has 1 N–H and O–H groups in total. The third-order valence-corrected chi connectivity index (χ3v) is 6.50. The molecule has 1 aliphatic rings. The summed E-state index contributed by atoms with van der Waals surface area (Å²) in [7, 11) is 0. The Bertz CT molecular complexity index is 991. The Morgan fingerprint density at radius 3 is 2.79 bits per heavy atom. The molecule has 3 aromatic rings. The highest BCUT2D eigenvalue weighted by Crippen LogP contribution is 2.26. The molecular weight excluding hydrogens is 372 g/mol. The first kappa shape index (κ1) is 19.3. The SMILES string of the molecule is Cc1ccc2c(CNC[C@@H](c3cccs3)N3CCOCC3)cc(=O)oc2c1C. The Morgan fingerprint density at radius 2 is 2.04 bits per heavy atom. The maximum Gasteiger partial charge on any atom is 0.336 e. The first-order valence-corrected chi connectivity index (χ1v) is 10.6. The molecule has 6 heteroatoms. The lowest BCUT2D eigenvalue weighted by Crippen LogP contribution is -2.42. The van der Waals surface area contributed by atoms with Crippen LogP contribution in [-0.2, 0) is 11.3 Å². The van der Waals surface area contributed by atoms with Gasteiger partial charge in [-0.1, -0.05) is 18.2 Å². The van der Waals surface area contributed by atoms with E-state index in [-0.39, 0.29) is 5.63 Å². The number of fused-ring (bicyclic) bond motifs is 1. The molecule has 5 nitrogen and oxygen atoms in total. The average Bonchev–Trinajstić information content (AvgIpc) is 3.23. The van der Waals surface area contributed by atoms with Gasteiger partial charge in [0.25, 0.3) is 0 Å². The second-order valence-corrected chi connectivity index (χ2v) is 8.26. The van der Waals surface area contributed by atoms with Crippen molar-refractivity contribution in [1.82, 2.24) is 10.2 Å². The van der Waals surface area contributed by atoms with Crippen LogP contribution < -0.4 is 10.9 Å². The number of thiophene rings is 1. The zero-order chi connectivity index (χ0) is 19.5. The van der Waals surface area contributed by atoms with E-state index in [0.717, 1.165) is 54.9 Å². The number of benzene rings is 1. The molecule has 0 unspecified atom stereocenters. The van der Waals surface area contributed by atoms with E-state index >= 15 is 0 Å². The number of rotatable bonds is 6. The van der Waals surface area contributed by atoms with Crippen molar-refractivity contribution in [3.05, 3.63) is 67.7 Å². The van der Waals surface area contributed by atoms with Gasteiger partial charge in [-0.25, -0.2) is 4.79 Å². The van der Waals surface area contributed by atoms with Gasteiger partial charge in [0.2, 0.25) is 0 Å². The van der Waals surface area contributed by atoms with Crippen molar-refractivity contribution in [3.8, 4) is 0 Å². The first-order chi connectivity index (χ1) is 13.6. The summed E-state index contributed by atoms with van der Waals surface area (Å²) < 4.78 is 11.0. The average molecular weight is 399 g/mol. The zero-order valence-electron chi connectivity index (χ0n) is 16.4. The number of hydrogen-bond acceptors (Lipinski definition) is 6. The Labute approximate surface area is 168 Å². The van der Waals surface area contributed by atoms with Gasteiger partial charge < -0.3 is 14.5 Å². The molecule has 0 aliphatic carbocycles. The van der Waals surface area contributed by atoms with Crippen LogP contribution in [0.25, 0.3) is 11.0 Å². The van der Waals surface area contributed by atoms with Crippen molar-refractivity contribution in [3.63, 3.8) is 0 Å². The number of aryl methyl sites for hydroxylation is 2.